The summed E-state index contributed by atoms with van der Waals surface area (Å²) in [6, 6.07) is 0. The van der Waals surface area contributed by atoms with Gasteiger partial charge in [-0.1, -0.05) is 12.2 Å². The molecular weight excluding hydrogens is 226 g/mol. The molecule has 0 saturated heterocycles. The van der Waals surface area contributed by atoms with Crippen LogP contribution in [0.2, 0.25) is 0 Å². The molecule has 0 saturated carbocycles. The molecule has 0 spiro atoms. The highest BCUT2D eigenvalue weighted by atomic mass is 32.2. The minimum absolute atomic E-state index is 0.145. The summed E-state index contributed by atoms with van der Waals surface area (Å²) in [7, 11) is -6.74. The van der Waals surface area contributed by atoms with E-state index >= 15 is 0 Å². The van der Waals surface area contributed by atoms with Crippen molar-refractivity contribution in [3.8, 4) is 0 Å². The van der Waals surface area contributed by atoms with Gasteiger partial charge in [-0.15, -0.1) is 0 Å². The summed E-state index contributed by atoms with van der Waals surface area (Å²) in [5, 5.41) is 0. The SMILES string of the molecule is C=C(C)CNS(=O)(=O)CCS(C)(=O)=O. The zero-order chi connectivity index (χ0) is 11.4. The molecule has 0 amide bonds. The lowest BCUT2D eigenvalue weighted by Gasteiger charge is -2.05. The third-order valence-electron chi connectivity index (χ3n) is 1.32. The molecule has 0 aliphatic heterocycles. The Bertz CT molecular complexity index is 393. The average molecular weight is 241 g/mol. The molecule has 0 heterocycles. The zero-order valence-electron chi connectivity index (χ0n) is 8.28. The van der Waals surface area contributed by atoms with Crippen LogP contribution in [0.25, 0.3) is 0 Å². The summed E-state index contributed by atoms with van der Waals surface area (Å²) in [6.07, 6.45) is 1.00. The highest BCUT2D eigenvalue weighted by Crippen LogP contribution is 1.91. The molecular formula is C7H15NO4S2. The lowest BCUT2D eigenvalue weighted by molar-refractivity contribution is 0.581. The summed E-state index contributed by atoms with van der Waals surface area (Å²) < 4.78 is 46.0. The van der Waals surface area contributed by atoms with Gasteiger partial charge in [-0.2, -0.15) is 0 Å². The highest BCUT2D eigenvalue weighted by Gasteiger charge is 2.13. The van der Waals surface area contributed by atoms with Crippen molar-refractivity contribution in [2.24, 2.45) is 0 Å². The molecule has 0 aromatic rings. The maximum absolute atomic E-state index is 11.2. The first-order valence-corrected chi connectivity index (χ1v) is 7.63. The van der Waals surface area contributed by atoms with Gasteiger partial charge in [-0.3, -0.25) is 0 Å². The van der Waals surface area contributed by atoms with E-state index in [-0.39, 0.29) is 12.3 Å². The second kappa shape index (κ2) is 4.90. The van der Waals surface area contributed by atoms with E-state index in [9.17, 15) is 16.8 Å². The molecule has 0 atom stereocenters. The highest BCUT2D eigenvalue weighted by molar-refractivity contribution is 7.93. The van der Waals surface area contributed by atoms with Crippen molar-refractivity contribution in [2.45, 2.75) is 6.92 Å². The summed E-state index contributed by atoms with van der Waals surface area (Å²) in [6.45, 7) is 5.35. The number of rotatable bonds is 6. The largest absolute Gasteiger partial charge is 0.229 e. The molecule has 0 radical (unpaired) electrons. The van der Waals surface area contributed by atoms with Crippen molar-refractivity contribution in [1.82, 2.24) is 4.72 Å². The maximum Gasteiger partial charge on any atom is 0.212 e. The van der Waals surface area contributed by atoms with Crippen molar-refractivity contribution < 1.29 is 16.8 Å². The first-order chi connectivity index (χ1) is 6.12. The second-order valence-corrected chi connectivity index (χ2v) is 7.41. The Morgan fingerprint density at radius 1 is 1.21 bits per heavy atom. The molecule has 0 unspecified atom stereocenters. The van der Waals surface area contributed by atoms with E-state index in [1.807, 2.05) is 0 Å². The van der Waals surface area contributed by atoms with Crippen LogP contribution >= 0.6 is 0 Å². The summed E-state index contributed by atoms with van der Waals surface area (Å²) in [4.78, 5) is 0. The second-order valence-electron chi connectivity index (χ2n) is 3.23. The van der Waals surface area contributed by atoms with Gasteiger partial charge in [0.25, 0.3) is 0 Å². The van der Waals surface area contributed by atoms with Gasteiger partial charge in [0.15, 0.2) is 0 Å². The van der Waals surface area contributed by atoms with Gasteiger partial charge in [0.2, 0.25) is 10.0 Å². The van der Waals surface area contributed by atoms with Gasteiger partial charge < -0.3 is 0 Å². The van der Waals surface area contributed by atoms with Crippen LogP contribution in [0.4, 0.5) is 0 Å². The molecule has 84 valence electrons. The van der Waals surface area contributed by atoms with E-state index in [1.165, 1.54) is 0 Å². The van der Waals surface area contributed by atoms with Crippen molar-refractivity contribution in [3.05, 3.63) is 12.2 Å². The van der Waals surface area contributed by atoms with Crippen molar-refractivity contribution >= 4 is 19.9 Å². The minimum Gasteiger partial charge on any atom is -0.229 e. The molecule has 0 fully saturated rings. The Labute approximate surface area is 85.2 Å². The Kier molecular flexibility index (Phi) is 4.76. The quantitative estimate of drug-likeness (QED) is 0.637. The van der Waals surface area contributed by atoms with Crippen LogP contribution < -0.4 is 4.72 Å². The van der Waals surface area contributed by atoms with Gasteiger partial charge in [-0.05, 0) is 6.92 Å². The predicted octanol–water partition coefficient (Wildman–Crippen LogP) is -0.473. The lowest BCUT2D eigenvalue weighted by Crippen LogP contribution is -2.30. The van der Waals surface area contributed by atoms with E-state index in [0.29, 0.717) is 5.57 Å². The van der Waals surface area contributed by atoms with Crippen molar-refractivity contribution in [1.29, 1.82) is 0 Å². The first kappa shape index (κ1) is 13.6. The van der Waals surface area contributed by atoms with Crippen LogP contribution in [0.1, 0.15) is 6.92 Å². The third kappa shape index (κ3) is 8.21. The normalized spacial score (nSPS) is 12.7. The summed E-state index contributed by atoms with van der Waals surface area (Å²) >= 11 is 0. The average Bonchev–Trinajstić information content (AvgIpc) is 1.97. The number of hydrogen-bond donors (Lipinski definition) is 1. The van der Waals surface area contributed by atoms with E-state index in [4.69, 9.17) is 0 Å². The molecule has 0 rings (SSSR count). The van der Waals surface area contributed by atoms with Gasteiger partial charge >= 0.3 is 0 Å². The number of nitrogens with one attached hydrogen (secondary N) is 1. The molecule has 0 aromatic carbocycles. The van der Waals surface area contributed by atoms with Crippen LogP contribution in [0, 0.1) is 0 Å². The van der Waals surface area contributed by atoms with Crippen molar-refractivity contribution in [3.63, 3.8) is 0 Å². The Balaban J connectivity index is 4.17. The fourth-order valence-corrected chi connectivity index (χ4v) is 3.27. The fraction of sp³-hybridized carbons (Fsp3) is 0.714. The van der Waals surface area contributed by atoms with Crippen LogP contribution in [0.5, 0.6) is 0 Å². The monoisotopic (exact) mass is 241 g/mol. The molecule has 0 bridgehead atoms. The zero-order valence-corrected chi connectivity index (χ0v) is 9.91. The van der Waals surface area contributed by atoms with E-state index in [1.54, 1.807) is 6.92 Å². The minimum atomic E-state index is -3.50. The van der Waals surface area contributed by atoms with E-state index in [0.717, 1.165) is 6.26 Å². The van der Waals surface area contributed by atoms with Gasteiger partial charge in [0, 0.05) is 12.8 Å². The van der Waals surface area contributed by atoms with Gasteiger partial charge in [0.05, 0.1) is 11.5 Å². The summed E-state index contributed by atoms with van der Waals surface area (Å²) in [5.41, 5.74) is 0.674. The molecule has 5 nitrogen and oxygen atoms in total. The predicted molar refractivity (Wildman–Crippen MR) is 56.3 cm³/mol. The third-order valence-corrected chi connectivity index (χ3v) is 3.85. The lowest BCUT2D eigenvalue weighted by atomic mass is 10.4. The molecule has 0 aliphatic carbocycles. The molecule has 0 aromatic heterocycles. The smallest absolute Gasteiger partial charge is 0.212 e. The number of hydrogen-bond acceptors (Lipinski definition) is 4. The van der Waals surface area contributed by atoms with E-state index < -0.39 is 25.6 Å². The fourth-order valence-electron chi connectivity index (χ4n) is 0.566. The number of sulfonamides is 1. The Hall–Kier alpha value is -0.400. The van der Waals surface area contributed by atoms with Crippen LogP contribution in [0.15, 0.2) is 12.2 Å². The van der Waals surface area contributed by atoms with Crippen LogP contribution in [-0.4, -0.2) is 41.1 Å². The Morgan fingerprint density at radius 3 is 2.07 bits per heavy atom. The molecule has 0 aliphatic rings. The van der Waals surface area contributed by atoms with Crippen molar-refractivity contribution in [2.75, 3.05) is 24.3 Å². The summed E-state index contributed by atoms with van der Waals surface area (Å²) in [5.74, 6) is -0.766. The molecule has 14 heavy (non-hydrogen) atoms. The standard InChI is InChI=1S/C7H15NO4S2/c1-7(2)6-8-14(11,12)5-4-13(3,9)10/h8H,1,4-6H2,2-3H3. The number of sulfone groups is 1. The Morgan fingerprint density at radius 2 is 1.71 bits per heavy atom. The van der Waals surface area contributed by atoms with E-state index in [2.05, 4.69) is 11.3 Å². The topological polar surface area (TPSA) is 80.3 Å². The van der Waals surface area contributed by atoms with Gasteiger partial charge in [-0.25, -0.2) is 21.6 Å². The van der Waals surface area contributed by atoms with Crippen LogP contribution in [0.3, 0.4) is 0 Å². The first-order valence-electron chi connectivity index (χ1n) is 3.92. The molecule has 7 heteroatoms. The molecule has 1 N–H and O–H groups in total. The maximum atomic E-state index is 11.2. The van der Waals surface area contributed by atoms with Gasteiger partial charge in [0.1, 0.15) is 9.84 Å². The van der Waals surface area contributed by atoms with Crippen LogP contribution in [-0.2, 0) is 19.9 Å².